The number of hydrogen-bond acceptors (Lipinski definition) is 5. The van der Waals surface area contributed by atoms with E-state index in [1.165, 1.54) is 0 Å². The minimum absolute atomic E-state index is 0.124. The minimum atomic E-state index is -0.300. The number of ether oxygens (including phenoxy) is 5. The predicted octanol–water partition coefficient (Wildman–Crippen LogP) is 5.53. The topological polar surface area (TPSA) is 46.2 Å². The highest BCUT2D eigenvalue weighted by Crippen LogP contribution is 2.37. The Morgan fingerprint density at radius 3 is 1.80 bits per heavy atom. The second-order valence-electron chi connectivity index (χ2n) is 9.24. The van der Waals surface area contributed by atoms with Crippen LogP contribution in [0.25, 0.3) is 0 Å². The number of rotatable bonds is 10. The van der Waals surface area contributed by atoms with Crippen molar-refractivity contribution in [2.24, 2.45) is 5.92 Å². The third-order valence-electron chi connectivity index (χ3n) is 6.70. The normalized spacial score (nSPS) is 26.2. The van der Waals surface area contributed by atoms with Crippen LogP contribution in [0.3, 0.4) is 0 Å². The smallest absolute Gasteiger partial charge is 0.163 e. The maximum atomic E-state index is 6.59. The number of fused-ring (bicyclic) bond motifs is 1. The van der Waals surface area contributed by atoms with Gasteiger partial charge in [-0.3, -0.25) is 0 Å². The van der Waals surface area contributed by atoms with E-state index >= 15 is 0 Å². The Morgan fingerprint density at radius 2 is 1.20 bits per heavy atom. The van der Waals surface area contributed by atoms with E-state index in [2.05, 4.69) is 36.4 Å². The Kier molecular flexibility index (Phi) is 8.58. The molecule has 3 aromatic rings. The van der Waals surface area contributed by atoms with E-state index in [4.69, 9.17) is 23.7 Å². The molecule has 2 heterocycles. The molecule has 5 nitrogen and oxygen atoms in total. The van der Waals surface area contributed by atoms with Crippen molar-refractivity contribution in [1.29, 1.82) is 0 Å². The van der Waals surface area contributed by atoms with Crippen molar-refractivity contribution in [1.82, 2.24) is 0 Å². The second kappa shape index (κ2) is 12.4. The summed E-state index contributed by atoms with van der Waals surface area (Å²) < 4.78 is 31.8. The van der Waals surface area contributed by atoms with E-state index in [0.717, 1.165) is 29.5 Å². The van der Waals surface area contributed by atoms with Crippen LogP contribution in [-0.4, -0.2) is 37.8 Å². The largest absolute Gasteiger partial charge is 0.374 e. The summed E-state index contributed by atoms with van der Waals surface area (Å²) in [6, 6.07) is 30.7. The molecule has 5 heteroatoms. The van der Waals surface area contributed by atoms with Crippen molar-refractivity contribution < 1.29 is 23.7 Å². The fourth-order valence-corrected chi connectivity index (χ4v) is 4.90. The van der Waals surface area contributed by atoms with E-state index in [1.807, 2.05) is 54.6 Å². The Morgan fingerprint density at radius 1 is 0.657 bits per heavy atom. The molecule has 2 fully saturated rings. The Balaban J connectivity index is 1.33. The summed E-state index contributed by atoms with van der Waals surface area (Å²) in [4.78, 5) is 0. The zero-order chi connectivity index (χ0) is 23.7. The molecule has 5 rings (SSSR count). The van der Waals surface area contributed by atoms with Gasteiger partial charge in [0.15, 0.2) is 6.29 Å². The first-order valence-electron chi connectivity index (χ1n) is 12.6. The van der Waals surface area contributed by atoms with Gasteiger partial charge in [0.2, 0.25) is 0 Å². The van der Waals surface area contributed by atoms with Crippen molar-refractivity contribution in [3.05, 3.63) is 108 Å². The van der Waals surface area contributed by atoms with Crippen LogP contribution in [0.2, 0.25) is 0 Å². The number of hydrogen-bond donors (Lipinski definition) is 0. The van der Waals surface area contributed by atoms with Gasteiger partial charge in [-0.1, -0.05) is 91.0 Å². The first kappa shape index (κ1) is 24.2. The van der Waals surface area contributed by atoms with Gasteiger partial charge in [-0.05, 0) is 29.5 Å². The van der Waals surface area contributed by atoms with Gasteiger partial charge in [-0.2, -0.15) is 0 Å². The average Bonchev–Trinajstić information content (AvgIpc) is 2.92. The summed E-state index contributed by atoms with van der Waals surface area (Å²) in [5.41, 5.74) is 3.40. The Labute approximate surface area is 207 Å². The van der Waals surface area contributed by atoms with Gasteiger partial charge in [0.05, 0.1) is 32.5 Å². The molecule has 3 aromatic carbocycles. The first-order chi connectivity index (χ1) is 17.4. The van der Waals surface area contributed by atoms with E-state index in [9.17, 15) is 0 Å². The van der Waals surface area contributed by atoms with E-state index in [0.29, 0.717) is 33.0 Å². The van der Waals surface area contributed by atoms with E-state index in [1.54, 1.807) is 0 Å². The lowest BCUT2D eigenvalue weighted by Crippen LogP contribution is -2.59. The molecule has 5 atom stereocenters. The molecule has 0 spiro atoms. The predicted molar refractivity (Wildman–Crippen MR) is 133 cm³/mol. The Bertz CT molecular complexity index is 997. The third-order valence-corrected chi connectivity index (χ3v) is 6.70. The molecule has 2 aliphatic heterocycles. The van der Waals surface area contributed by atoms with Crippen molar-refractivity contribution >= 4 is 0 Å². The van der Waals surface area contributed by atoms with E-state index < -0.39 is 0 Å². The summed E-state index contributed by atoms with van der Waals surface area (Å²) in [6.07, 6.45) is 0.985. The molecule has 35 heavy (non-hydrogen) atoms. The third kappa shape index (κ3) is 6.57. The van der Waals surface area contributed by atoms with E-state index in [-0.39, 0.29) is 30.5 Å². The van der Waals surface area contributed by atoms with Crippen molar-refractivity contribution in [3.8, 4) is 0 Å². The molecule has 0 saturated carbocycles. The molecular formula is C30H34O5. The number of benzene rings is 3. The molecule has 0 radical (unpaired) electrons. The highest BCUT2D eigenvalue weighted by molar-refractivity contribution is 5.15. The maximum Gasteiger partial charge on any atom is 0.163 e. The fourth-order valence-electron chi connectivity index (χ4n) is 4.90. The highest BCUT2D eigenvalue weighted by Gasteiger charge is 2.48. The first-order valence-corrected chi connectivity index (χ1v) is 12.6. The van der Waals surface area contributed by atoms with Gasteiger partial charge in [0.25, 0.3) is 0 Å². The SMILES string of the molecule is c1ccc(COC[C@H]2O[C@@H]3OCCC[C@@H]3[C@@H](OCc3ccccc3)[C@@H]2OCc2ccccc2)cc1. The fraction of sp³-hybridized carbons (Fsp3) is 0.400. The molecule has 0 amide bonds. The summed E-state index contributed by atoms with van der Waals surface area (Å²) >= 11 is 0. The van der Waals surface area contributed by atoms with Crippen LogP contribution >= 0.6 is 0 Å². The summed E-state index contributed by atoms with van der Waals surface area (Å²) in [6.45, 7) is 2.66. The van der Waals surface area contributed by atoms with Crippen LogP contribution in [0, 0.1) is 5.92 Å². The lowest BCUT2D eigenvalue weighted by atomic mass is 9.86. The lowest BCUT2D eigenvalue weighted by molar-refractivity contribution is -0.316. The molecule has 0 unspecified atom stereocenters. The Hall–Kier alpha value is -2.54. The van der Waals surface area contributed by atoms with Crippen LogP contribution < -0.4 is 0 Å². The van der Waals surface area contributed by atoms with Crippen LogP contribution in [0.1, 0.15) is 29.5 Å². The molecule has 0 aromatic heterocycles. The van der Waals surface area contributed by atoms with Crippen LogP contribution in [0.15, 0.2) is 91.0 Å². The molecule has 2 aliphatic rings. The van der Waals surface area contributed by atoms with Crippen LogP contribution in [0.4, 0.5) is 0 Å². The highest BCUT2D eigenvalue weighted by atomic mass is 16.7. The molecule has 0 aliphatic carbocycles. The lowest BCUT2D eigenvalue weighted by Gasteiger charge is -2.48. The minimum Gasteiger partial charge on any atom is -0.374 e. The summed E-state index contributed by atoms with van der Waals surface area (Å²) in [7, 11) is 0. The van der Waals surface area contributed by atoms with Crippen LogP contribution in [0.5, 0.6) is 0 Å². The van der Waals surface area contributed by atoms with Gasteiger partial charge in [0, 0.05) is 12.5 Å². The summed E-state index contributed by atoms with van der Waals surface area (Å²) in [5.74, 6) is 0.124. The van der Waals surface area contributed by atoms with Crippen molar-refractivity contribution in [3.63, 3.8) is 0 Å². The molecule has 0 bridgehead atoms. The summed E-state index contributed by atoms with van der Waals surface area (Å²) in [5, 5.41) is 0. The molecule has 0 N–H and O–H groups in total. The maximum absolute atomic E-state index is 6.59. The zero-order valence-electron chi connectivity index (χ0n) is 20.0. The quantitative estimate of drug-likeness (QED) is 0.387. The van der Waals surface area contributed by atoms with Crippen molar-refractivity contribution in [2.75, 3.05) is 13.2 Å². The van der Waals surface area contributed by atoms with Crippen molar-refractivity contribution in [2.45, 2.75) is 57.3 Å². The van der Waals surface area contributed by atoms with Gasteiger partial charge in [-0.25, -0.2) is 0 Å². The van der Waals surface area contributed by atoms with Crippen LogP contribution in [-0.2, 0) is 43.5 Å². The van der Waals surface area contributed by atoms with Gasteiger partial charge in [-0.15, -0.1) is 0 Å². The van der Waals surface area contributed by atoms with Gasteiger partial charge in [0.1, 0.15) is 12.2 Å². The molecule has 184 valence electrons. The van der Waals surface area contributed by atoms with Gasteiger partial charge < -0.3 is 23.7 Å². The monoisotopic (exact) mass is 474 g/mol. The standard InChI is InChI=1S/C30H34O5/c1-4-11-23(12-5-1)19-31-22-27-29(34-21-25-15-8-3-9-16-25)28(26-17-10-18-32-30(26)35-27)33-20-24-13-6-2-7-14-24/h1-9,11-16,26-30H,10,17-22H2/t26-,27-,28-,29-,30+/m1/s1. The second-order valence-corrected chi connectivity index (χ2v) is 9.24. The molecular weight excluding hydrogens is 440 g/mol. The average molecular weight is 475 g/mol. The zero-order valence-corrected chi connectivity index (χ0v) is 20.0. The molecule has 2 saturated heterocycles. The van der Waals surface area contributed by atoms with Gasteiger partial charge >= 0.3 is 0 Å².